The number of halogens is 6. The number of rotatable bonds is 5. The van der Waals surface area contributed by atoms with Crippen LogP contribution in [0.2, 0.25) is 0 Å². The quantitative estimate of drug-likeness (QED) is 0.337. The molecule has 1 spiro atoms. The molecule has 39 heavy (non-hydrogen) atoms. The Labute approximate surface area is 217 Å². The lowest BCUT2D eigenvalue weighted by atomic mass is 9.65. The van der Waals surface area contributed by atoms with E-state index in [2.05, 4.69) is 16.1 Å². The molecule has 0 bridgehead atoms. The van der Waals surface area contributed by atoms with Gasteiger partial charge in [0.15, 0.2) is 0 Å². The summed E-state index contributed by atoms with van der Waals surface area (Å²) in [5, 5.41) is 6.91. The number of amides is 2. The topological polar surface area (TPSA) is 79.5 Å². The van der Waals surface area contributed by atoms with Crippen molar-refractivity contribution in [2.75, 3.05) is 11.4 Å². The highest BCUT2D eigenvalue weighted by atomic mass is 19.4. The molecular weight excluding hydrogens is 530 g/mol. The zero-order valence-corrected chi connectivity index (χ0v) is 19.9. The number of nitrogens with zero attached hydrogens (tertiary/aromatic N) is 4. The molecule has 2 amide bonds. The molecule has 1 saturated carbocycles. The molecule has 13 heteroatoms. The second-order valence-corrected chi connectivity index (χ2v) is 9.29. The van der Waals surface area contributed by atoms with Crippen LogP contribution in [0.15, 0.2) is 46.9 Å². The van der Waals surface area contributed by atoms with E-state index >= 15 is 0 Å². The molecule has 2 aliphatic rings. The van der Waals surface area contributed by atoms with Crippen LogP contribution >= 0.6 is 0 Å². The lowest BCUT2D eigenvalue weighted by molar-refractivity contribution is -0.160. The van der Waals surface area contributed by atoms with Gasteiger partial charge in [0, 0.05) is 18.0 Å². The van der Waals surface area contributed by atoms with Crippen LogP contribution in [0.1, 0.15) is 53.7 Å². The van der Waals surface area contributed by atoms with E-state index in [1.165, 1.54) is 29.2 Å². The van der Waals surface area contributed by atoms with Gasteiger partial charge in [-0.15, -0.1) is 16.6 Å². The Morgan fingerprint density at radius 2 is 1.79 bits per heavy atom. The summed E-state index contributed by atoms with van der Waals surface area (Å²) in [5.41, 5.74) is -2.07. The first-order chi connectivity index (χ1) is 18.4. The van der Waals surface area contributed by atoms with Gasteiger partial charge in [-0.25, -0.2) is 4.39 Å². The molecule has 1 saturated heterocycles. The summed E-state index contributed by atoms with van der Waals surface area (Å²) in [6, 6.07) is 7.84. The molecule has 1 aliphatic carbocycles. The molecule has 0 atom stereocenters. The number of benzene rings is 2. The Bertz CT molecular complexity index is 1470. The van der Waals surface area contributed by atoms with Gasteiger partial charge in [-0.1, -0.05) is 18.1 Å². The van der Waals surface area contributed by atoms with Gasteiger partial charge < -0.3 is 9.32 Å². The Morgan fingerprint density at radius 1 is 1.10 bits per heavy atom. The van der Waals surface area contributed by atoms with Crippen molar-refractivity contribution in [1.29, 1.82) is 0 Å². The van der Waals surface area contributed by atoms with Crippen molar-refractivity contribution in [2.24, 2.45) is 0 Å². The minimum atomic E-state index is -4.56. The zero-order chi connectivity index (χ0) is 28.1. The summed E-state index contributed by atoms with van der Waals surface area (Å²) in [5.74, 6) is -1.49. The molecule has 202 valence electrons. The number of anilines is 1. The molecule has 0 radical (unpaired) electrons. The maximum atomic E-state index is 14.9. The van der Waals surface area contributed by atoms with E-state index in [1.807, 2.05) is 0 Å². The average molecular weight is 548 g/mol. The fraction of sp³-hybridized carbons (Fsp3) is 0.308. The molecule has 7 nitrogen and oxygen atoms in total. The summed E-state index contributed by atoms with van der Waals surface area (Å²) < 4.78 is 84.8. The molecule has 0 unspecified atom stereocenters. The van der Waals surface area contributed by atoms with E-state index in [4.69, 9.17) is 10.8 Å². The predicted octanol–water partition coefficient (Wildman–Crippen LogP) is 4.84. The van der Waals surface area contributed by atoms with E-state index < -0.39 is 59.7 Å². The van der Waals surface area contributed by atoms with Gasteiger partial charge in [0.05, 0.1) is 11.3 Å². The highest BCUT2D eigenvalue weighted by molar-refractivity contribution is 6.10. The number of alkyl halides is 5. The largest absolute Gasteiger partial charge is 0.419 e. The summed E-state index contributed by atoms with van der Waals surface area (Å²) in [6.45, 7) is -0.748. The van der Waals surface area contributed by atoms with Crippen LogP contribution in [0.3, 0.4) is 0 Å². The van der Waals surface area contributed by atoms with E-state index in [-0.39, 0.29) is 36.5 Å². The van der Waals surface area contributed by atoms with Crippen LogP contribution in [0.25, 0.3) is 0 Å². The van der Waals surface area contributed by atoms with Gasteiger partial charge in [0.2, 0.25) is 11.8 Å². The highest BCUT2D eigenvalue weighted by Gasteiger charge is 2.61. The molecule has 5 rings (SSSR count). The SMILES string of the molecule is C#Cc1ccc(N2CC(=O)N(Cc3ccc(C(F)(F)F)cc3)C3(CC(c4nnc(C(F)F)o4)C3)C2=O)c(F)c1. The molecule has 1 aliphatic heterocycles. The predicted molar refractivity (Wildman–Crippen MR) is 123 cm³/mol. The molecule has 2 heterocycles. The van der Waals surface area contributed by atoms with Crippen molar-refractivity contribution in [3.63, 3.8) is 0 Å². The molecule has 2 fully saturated rings. The maximum absolute atomic E-state index is 14.9. The second-order valence-electron chi connectivity index (χ2n) is 9.29. The number of piperazine rings is 1. The van der Waals surface area contributed by atoms with Gasteiger partial charge in [-0.2, -0.15) is 22.0 Å². The zero-order valence-electron chi connectivity index (χ0n) is 19.9. The average Bonchev–Trinajstić information content (AvgIpc) is 3.35. The Hall–Kier alpha value is -4.34. The van der Waals surface area contributed by atoms with Crippen molar-refractivity contribution in [1.82, 2.24) is 15.1 Å². The van der Waals surface area contributed by atoms with Crippen molar-refractivity contribution < 1.29 is 40.3 Å². The highest BCUT2D eigenvalue weighted by Crippen LogP contribution is 2.51. The van der Waals surface area contributed by atoms with Crippen LogP contribution in [0.4, 0.5) is 32.0 Å². The minimum absolute atomic E-state index is 0.108. The summed E-state index contributed by atoms with van der Waals surface area (Å²) in [4.78, 5) is 29.4. The first kappa shape index (κ1) is 26.3. The number of aromatic nitrogens is 2. The third-order valence-corrected chi connectivity index (χ3v) is 6.94. The van der Waals surface area contributed by atoms with E-state index in [9.17, 15) is 35.9 Å². The fourth-order valence-electron chi connectivity index (χ4n) is 4.95. The van der Waals surface area contributed by atoms with Crippen molar-refractivity contribution in [3.05, 3.63) is 76.8 Å². The Kier molecular flexibility index (Phi) is 6.36. The minimum Gasteiger partial charge on any atom is -0.419 e. The van der Waals surface area contributed by atoms with Crippen molar-refractivity contribution in [2.45, 2.75) is 43.4 Å². The summed E-state index contributed by atoms with van der Waals surface area (Å²) in [6.07, 6.45) is -2.47. The number of terminal acetylenes is 1. The smallest absolute Gasteiger partial charge is 0.416 e. The van der Waals surface area contributed by atoms with Crippen molar-refractivity contribution in [3.8, 4) is 12.3 Å². The van der Waals surface area contributed by atoms with Crippen molar-refractivity contribution >= 4 is 17.5 Å². The number of hydrogen-bond donors (Lipinski definition) is 0. The van der Waals surface area contributed by atoms with Crippen LogP contribution in [-0.4, -0.2) is 39.0 Å². The second kappa shape index (κ2) is 9.44. The fourth-order valence-corrected chi connectivity index (χ4v) is 4.95. The maximum Gasteiger partial charge on any atom is 0.416 e. The van der Waals surface area contributed by atoms with Gasteiger partial charge in [-0.05, 0) is 48.7 Å². The van der Waals surface area contributed by atoms with Crippen LogP contribution in [0.5, 0.6) is 0 Å². The van der Waals surface area contributed by atoms with Crippen LogP contribution in [0, 0.1) is 18.2 Å². The summed E-state index contributed by atoms with van der Waals surface area (Å²) in [7, 11) is 0. The first-order valence-electron chi connectivity index (χ1n) is 11.6. The van der Waals surface area contributed by atoms with Crippen LogP contribution in [-0.2, 0) is 22.3 Å². The lowest BCUT2D eigenvalue weighted by Crippen LogP contribution is -2.72. The monoisotopic (exact) mass is 548 g/mol. The number of carbonyl (C=O) groups excluding carboxylic acids is 2. The van der Waals surface area contributed by atoms with Gasteiger partial charge in [0.25, 0.3) is 11.8 Å². The normalized spacial score (nSPS) is 21.4. The molecule has 3 aromatic rings. The molecule has 2 aromatic carbocycles. The summed E-state index contributed by atoms with van der Waals surface area (Å²) >= 11 is 0. The standard InChI is InChI=1S/C26H18F6N4O3/c1-2-14-5-8-19(18(27)9-14)35-13-20(37)36(12-15-3-6-17(7-4-15)26(30,31)32)25(24(35)38)10-16(11-25)22-33-34-23(39-22)21(28)29/h1,3-9,16,21H,10-13H2. The van der Waals surface area contributed by atoms with E-state index in [1.54, 1.807) is 0 Å². The van der Waals surface area contributed by atoms with Gasteiger partial charge in [-0.3, -0.25) is 14.5 Å². The van der Waals surface area contributed by atoms with Gasteiger partial charge in [0.1, 0.15) is 17.9 Å². The van der Waals surface area contributed by atoms with E-state index in [0.29, 0.717) is 5.56 Å². The van der Waals surface area contributed by atoms with Crippen LogP contribution < -0.4 is 4.90 Å². The number of carbonyl (C=O) groups is 2. The first-order valence-corrected chi connectivity index (χ1v) is 11.6. The van der Waals surface area contributed by atoms with E-state index in [0.717, 1.165) is 23.1 Å². The third-order valence-electron chi connectivity index (χ3n) is 6.94. The number of hydrogen-bond acceptors (Lipinski definition) is 5. The third kappa shape index (κ3) is 4.60. The lowest BCUT2D eigenvalue weighted by Gasteiger charge is -2.56. The molecule has 0 N–H and O–H groups in total. The molecular formula is C26H18F6N4O3. The Balaban J connectivity index is 1.48. The molecule has 1 aromatic heterocycles. The van der Waals surface area contributed by atoms with Gasteiger partial charge >= 0.3 is 12.6 Å². The Morgan fingerprint density at radius 3 is 2.36 bits per heavy atom.